The molecule has 0 saturated heterocycles. The van der Waals surface area contributed by atoms with Gasteiger partial charge in [0.05, 0.1) is 0 Å². The molecular weight excluding hydrogens is 208 g/mol. The van der Waals surface area contributed by atoms with Crippen molar-refractivity contribution in [2.24, 2.45) is 0 Å². The topological polar surface area (TPSA) is 17.1 Å². The van der Waals surface area contributed by atoms with Crippen LogP contribution in [0.1, 0.15) is 24.8 Å². The van der Waals surface area contributed by atoms with E-state index in [2.05, 4.69) is 30.3 Å². The van der Waals surface area contributed by atoms with E-state index in [-0.39, 0.29) is 5.78 Å². The van der Waals surface area contributed by atoms with Crippen molar-refractivity contribution in [2.45, 2.75) is 19.3 Å². The molecule has 0 aromatic rings. The molecule has 3 aliphatic carbocycles. The molecule has 0 unspecified atom stereocenters. The molecule has 1 nitrogen and oxygen atoms in total. The Morgan fingerprint density at radius 3 is 2.59 bits per heavy atom. The van der Waals surface area contributed by atoms with Crippen LogP contribution in [0.15, 0.2) is 48.5 Å². The van der Waals surface area contributed by atoms with E-state index in [1.807, 2.05) is 18.2 Å². The van der Waals surface area contributed by atoms with E-state index >= 15 is 0 Å². The zero-order valence-corrected chi connectivity index (χ0v) is 9.65. The van der Waals surface area contributed by atoms with Gasteiger partial charge in [0.2, 0.25) is 0 Å². The van der Waals surface area contributed by atoms with Crippen molar-refractivity contribution in [3.05, 3.63) is 54.1 Å². The fourth-order valence-corrected chi connectivity index (χ4v) is 2.50. The monoisotopic (exact) mass is 222 g/mol. The molecular formula is C16H14O. The van der Waals surface area contributed by atoms with Gasteiger partial charge in [0.25, 0.3) is 0 Å². The lowest BCUT2D eigenvalue weighted by molar-refractivity contribution is -0.114. The number of hydrogen-bond donors (Lipinski definition) is 0. The predicted octanol–water partition coefficient (Wildman–Crippen LogP) is 3.93. The van der Waals surface area contributed by atoms with Crippen LogP contribution in [0.4, 0.5) is 0 Å². The maximum absolute atomic E-state index is 11.5. The summed E-state index contributed by atoms with van der Waals surface area (Å²) in [6, 6.07) is 14.6. The van der Waals surface area contributed by atoms with E-state index in [4.69, 9.17) is 0 Å². The zero-order valence-electron chi connectivity index (χ0n) is 9.65. The molecule has 0 bridgehead atoms. The van der Waals surface area contributed by atoms with E-state index in [0.29, 0.717) is 6.42 Å². The van der Waals surface area contributed by atoms with Gasteiger partial charge in [-0.15, -0.1) is 0 Å². The van der Waals surface area contributed by atoms with E-state index in [0.717, 1.165) is 12.8 Å². The van der Waals surface area contributed by atoms with Crippen molar-refractivity contribution >= 4 is 11.4 Å². The van der Waals surface area contributed by atoms with Gasteiger partial charge in [-0.3, -0.25) is 4.79 Å². The first-order valence-electron chi connectivity index (χ1n) is 6.06. The molecule has 0 aliphatic heterocycles. The summed E-state index contributed by atoms with van der Waals surface area (Å²) in [5, 5.41) is 0. The largest absolute Gasteiger partial charge is 0.295 e. The summed E-state index contributed by atoms with van der Waals surface area (Å²) in [7, 11) is 0. The van der Waals surface area contributed by atoms with Crippen LogP contribution in [0.3, 0.4) is 0 Å². The first-order chi connectivity index (χ1) is 8.34. The molecule has 0 spiro atoms. The smallest absolute Gasteiger partial charge is 0.155 e. The van der Waals surface area contributed by atoms with Crippen molar-refractivity contribution in [2.75, 3.05) is 0 Å². The second kappa shape index (κ2) is 4.17. The fraction of sp³-hybridized carbons (Fsp3) is 0.188. The van der Waals surface area contributed by atoms with Gasteiger partial charge in [0, 0.05) is 6.42 Å². The fourth-order valence-electron chi connectivity index (χ4n) is 2.50. The lowest BCUT2D eigenvalue weighted by atomic mass is 9.92. The van der Waals surface area contributed by atoms with Gasteiger partial charge >= 0.3 is 0 Å². The van der Waals surface area contributed by atoms with Crippen molar-refractivity contribution in [1.29, 1.82) is 0 Å². The van der Waals surface area contributed by atoms with Crippen LogP contribution < -0.4 is 0 Å². The Labute approximate surface area is 101 Å². The highest BCUT2D eigenvalue weighted by molar-refractivity contribution is 6.00. The molecule has 84 valence electrons. The molecule has 0 saturated carbocycles. The Bertz CT molecular complexity index is 566. The van der Waals surface area contributed by atoms with Gasteiger partial charge in [0.15, 0.2) is 5.78 Å². The summed E-state index contributed by atoms with van der Waals surface area (Å²) >= 11 is 0. The van der Waals surface area contributed by atoms with Gasteiger partial charge in [-0.2, -0.15) is 0 Å². The minimum atomic E-state index is 0.265. The summed E-state index contributed by atoms with van der Waals surface area (Å²) in [6.45, 7) is 0. The van der Waals surface area contributed by atoms with Gasteiger partial charge in [-0.25, -0.2) is 0 Å². The molecule has 0 N–H and O–H groups in total. The predicted molar refractivity (Wildman–Crippen MR) is 69.9 cm³/mol. The molecule has 0 amide bonds. The third kappa shape index (κ3) is 1.89. The first-order valence-corrected chi connectivity index (χ1v) is 6.06. The molecule has 3 aliphatic rings. The number of carbonyl (C=O) groups is 1. The summed E-state index contributed by atoms with van der Waals surface area (Å²) in [4.78, 5) is 11.5. The van der Waals surface area contributed by atoms with E-state index in [9.17, 15) is 4.79 Å². The normalized spacial score (nSPS) is 16.0. The molecule has 0 fully saturated rings. The highest BCUT2D eigenvalue weighted by atomic mass is 16.1. The standard InChI is InChI=1S/C16H14O/c17-14-7-4-6-13(11-14)16-10-9-12-5-2-1-3-8-15(12)16/h1-3,5,8-11H,4,6-7H2. The third-order valence-corrected chi connectivity index (χ3v) is 3.34. The quantitative estimate of drug-likeness (QED) is 0.714. The van der Waals surface area contributed by atoms with Gasteiger partial charge in [-0.1, -0.05) is 42.5 Å². The average molecular weight is 222 g/mol. The molecule has 0 atom stereocenters. The molecule has 0 radical (unpaired) electrons. The van der Waals surface area contributed by atoms with Gasteiger partial charge < -0.3 is 0 Å². The lowest BCUT2D eigenvalue weighted by Gasteiger charge is -2.12. The number of rotatable bonds is 1. The Morgan fingerprint density at radius 2 is 1.71 bits per heavy atom. The van der Waals surface area contributed by atoms with E-state index < -0.39 is 0 Å². The second-order valence-electron chi connectivity index (χ2n) is 4.52. The Hall–Kier alpha value is -1.89. The Balaban J connectivity index is 2.12. The van der Waals surface area contributed by atoms with Crippen LogP contribution >= 0.6 is 0 Å². The molecule has 0 aromatic heterocycles. The Kier molecular flexibility index (Phi) is 2.52. The van der Waals surface area contributed by atoms with E-state index in [1.54, 1.807) is 0 Å². The van der Waals surface area contributed by atoms with Crippen LogP contribution in [0, 0.1) is 0 Å². The summed E-state index contributed by atoms with van der Waals surface area (Å²) in [6.07, 6.45) is 4.53. The zero-order chi connectivity index (χ0) is 11.7. The molecule has 3 rings (SSSR count). The first kappa shape index (κ1) is 10.3. The van der Waals surface area contributed by atoms with Gasteiger partial charge in [-0.05, 0) is 41.2 Å². The SMILES string of the molecule is O=C1C=C(c2ccc3cccccc2-3)CCC1. The van der Waals surface area contributed by atoms with Crippen LogP contribution in [-0.2, 0) is 4.79 Å². The van der Waals surface area contributed by atoms with E-state index in [1.165, 1.54) is 22.3 Å². The number of ketones is 1. The molecule has 17 heavy (non-hydrogen) atoms. The van der Waals surface area contributed by atoms with Crippen LogP contribution in [0.25, 0.3) is 16.7 Å². The highest BCUT2D eigenvalue weighted by Gasteiger charge is 2.16. The lowest BCUT2D eigenvalue weighted by Crippen LogP contribution is -2.01. The third-order valence-electron chi connectivity index (χ3n) is 3.34. The maximum Gasteiger partial charge on any atom is 0.155 e. The number of carbonyl (C=O) groups excluding carboxylic acids is 1. The Morgan fingerprint density at radius 1 is 0.824 bits per heavy atom. The summed E-state index contributed by atoms with van der Waals surface area (Å²) in [5.41, 5.74) is 4.91. The average Bonchev–Trinajstić information content (AvgIpc) is 2.59. The number of fused-ring (bicyclic) bond motifs is 1. The van der Waals surface area contributed by atoms with Gasteiger partial charge in [0.1, 0.15) is 0 Å². The second-order valence-corrected chi connectivity index (χ2v) is 4.52. The van der Waals surface area contributed by atoms with Crippen molar-refractivity contribution in [3.8, 4) is 11.1 Å². The van der Waals surface area contributed by atoms with Crippen molar-refractivity contribution in [3.63, 3.8) is 0 Å². The van der Waals surface area contributed by atoms with Crippen LogP contribution in [-0.4, -0.2) is 5.78 Å². The van der Waals surface area contributed by atoms with Crippen molar-refractivity contribution < 1.29 is 4.79 Å². The minimum absolute atomic E-state index is 0.265. The molecule has 1 heteroatoms. The molecule has 0 aromatic carbocycles. The summed E-state index contributed by atoms with van der Waals surface area (Å²) < 4.78 is 0. The highest BCUT2D eigenvalue weighted by Crippen LogP contribution is 2.35. The number of allylic oxidation sites excluding steroid dienone is 2. The summed E-state index contributed by atoms with van der Waals surface area (Å²) in [5.74, 6) is 0.265. The minimum Gasteiger partial charge on any atom is -0.295 e. The maximum atomic E-state index is 11.5. The molecule has 0 heterocycles. The number of hydrogen-bond acceptors (Lipinski definition) is 1. The van der Waals surface area contributed by atoms with Crippen LogP contribution in [0.2, 0.25) is 0 Å². The van der Waals surface area contributed by atoms with Crippen LogP contribution in [0.5, 0.6) is 0 Å². The van der Waals surface area contributed by atoms with Crippen molar-refractivity contribution in [1.82, 2.24) is 0 Å².